The Morgan fingerprint density at radius 2 is 2.00 bits per heavy atom. The lowest BCUT2D eigenvalue weighted by Gasteiger charge is -2.24. The summed E-state index contributed by atoms with van der Waals surface area (Å²) < 4.78 is 1.64. The topological polar surface area (TPSA) is 63.9 Å². The van der Waals surface area contributed by atoms with Crippen LogP contribution in [0.4, 0.5) is 0 Å². The zero-order chi connectivity index (χ0) is 15.6. The van der Waals surface area contributed by atoms with E-state index in [2.05, 4.69) is 28.9 Å². The Morgan fingerprint density at radius 1 is 1.29 bits per heavy atom. The lowest BCUT2D eigenvalue weighted by atomic mass is 10.1. The predicted molar refractivity (Wildman–Crippen MR) is 79.8 cm³/mol. The van der Waals surface area contributed by atoms with Gasteiger partial charge in [0.2, 0.25) is 0 Å². The first kappa shape index (κ1) is 15.2. The van der Waals surface area contributed by atoms with Crippen LogP contribution in [0.3, 0.4) is 0 Å². The van der Waals surface area contributed by atoms with Crippen LogP contribution in [-0.4, -0.2) is 37.6 Å². The van der Waals surface area contributed by atoms with E-state index in [0.29, 0.717) is 11.6 Å². The maximum atomic E-state index is 12.6. The Labute approximate surface area is 124 Å². The minimum Gasteiger partial charge on any atom is -0.332 e. The molecule has 21 heavy (non-hydrogen) atoms. The second-order valence-corrected chi connectivity index (χ2v) is 5.46. The van der Waals surface area contributed by atoms with Crippen LogP contribution in [0.2, 0.25) is 0 Å². The first-order chi connectivity index (χ1) is 9.91. The number of carbonyl (C=O) groups is 1. The molecule has 2 rings (SSSR count). The first-order valence-electron chi connectivity index (χ1n) is 6.98. The fourth-order valence-electron chi connectivity index (χ4n) is 2.07. The molecule has 0 saturated carbocycles. The molecule has 0 aromatic carbocycles. The van der Waals surface area contributed by atoms with Crippen molar-refractivity contribution in [3.8, 4) is 0 Å². The summed E-state index contributed by atoms with van der Waals surface area (Å²) in [6.07, 6.45) is 3.17. The Balaban J connectivity index is 2.23. The van der Waals surface area contributed by atoms with Gasteiger partial charge in [-0.15, -0.1) is 0 Å². The van der Waals surface area contributed by atoms with Gasteiger partial charge in [0.1, 0.15) is 12.0 Å². The number of nitrogens with zero attached hydrogens (tertiary/aromatic N) is 5. The smallest absolute Gasteiger partial charge is 0.272 e. The van der Waals surface area contributed by atoms with Gasteiger partial charge in [-0.2, -0.15) is 5.10 Å². The minimum atomic E-state index is -0.127. The molecule has 6 nitrogen and oxygen atoms in total. The number of amides is 1. The van der Waals surface area contributed by atoms with Gasteiger partial charge < -0.3 is 4.90 Å². The van der Waals surface area contributed by atoms with Crippen LogP contribution in [0.5, 0.6) is 0 Å². The first-order valence-corrected chi connectivity index (χ1v) is 6.98. The molecule has 0 saturated heterocycles. The maximum absolute atomic E-state index is 12.6. The van der Waals surface area contributed by atoms with Crippen molar-refractivity contribution in [1.29, 1.82) is 0 Å². The molecule has 0 radical (unpaired) electrons. The molecule has 1 atom stereocenters. The SMILES string of the molecule is CC(C)c1cc(C(=O)N(C)C(C)c2ccncn2)n(C)n1. The van der Waals surface area contributed by atoms with Crippen molar-refractivity contribution in [2.75, 3.05) is 7.05 Å². The zero-order valence-corrected chi connectivity index (χ0v) is 13.1. The summed E-state index contributed by atoms with van der Waals surface area (Å²) in [5.74, 6) is 0.227. The molecular weight excluding hydrogens is 266 g/mol. The summed E-state index contributed by atoms with van der Waals surface area (Å²) in [4.78, 5) is 22.4. The molecule has 2 aromatic rings. The zero-order valence-electron chi connectivity index (χ0n) is 13.1. The summed E-state index contributed by atoms with van der Waals surface area (Å²) in [7, 11) is 3.57. The van der Waals surface area contributed by atoms with E-state index < -0.39 is 0 Å². The molecule has 0 aliphatic rings. The lowest BCUT2D eigenvalue weighted by molar-refractivity contribution is 0.0728. The monoisotopic (exact) mass is 287 g/mol. The van der Waals surface area contributed by atoms with E-state index >= 15 is 0 Å². The third-order valence-corrected chi connectivity index (χ3v) is 3.64. The molecule has 0 bridgehead atoms. The van der Waals surface area contributed by atoms with Gasteiger partial charge >= 0.3 is 0 Å². The van der Waals surface area contributed by atoms with Crippen LogP contribution >= 0.6 is 0 Å². The highest BCUT2D eigenvalue weighted by atomic mass is 16.2. The Bertz CT molecular complexity index is 620. The number of aryl methyl sites for hydroxylation is 1. The Kier molecular flexibility index (Phi) is 4.35. The average Bonchev–Trinajstić information content (AvgIpc) is 2.88. The highest BCUT2D eigenvalue weighted by Crippen LogP contribution is 2.20. The molecule has 112 valence electrons. The van der Waals surface area contributed by atoms with Crippen molar-refractivity contribution in [3.05, 3.63) is 41.7 Å². The molecule has 0 aliphatic carbocycles. The van der Waals surface area contributed by atoms with E-state index in [4.69, 9.17) is 0 Å². The third kappa shape index (κ3) is 3.09. The van der Waals surface area contributed by atoms with Crippen molar-refractivity contribution < 1.29 is 4.79 Å². The third-order valence-electron chi connectivity index (χ3n) is 3.64. The quantitative estimate of drug-likeness (QED) is 0.864. The van der Waals surface area contributed by atoms with Crippen molar-refractivity contribution in [2.24, 2.45) is 7.05 Å². The maximum Gasteiger partial charge on any atom is 0.272 e. The normalized spacial score (nSPS) is 12.5. The van der Waals surface area contributed by atoms with Gasteiger partial charge in [-0.1, -0.05) is 13.8 Å². The number of aromatic nitrogens is 4. The molecule has 2 heterocycles. The molecule has 1 unspecified atom stereocenters. The fourth-order valence-corrected chi connectivity index (χ4v) is 2.07. The summed E-state index contributed by atoms with van der Waals surface area (Å²) in [6, 6.07) is 3.55. The minimum absolute atomic E-state index is 0.0667. The van der Waals surface area contributed by atoms with Gasteiger partial charge in [0.05, 0.1) is 17.4 Å². The van der Waals surface area contributed by atoms with Crippen LogP contribution in [-0.2, 0) is 7.05 Å². The van der Waals surface area contributed by atoms with Crippen molar-refractivity contribution in [2.45, 2.75) is 32.7 Å². The lowest BCUT2D eigenvalue weighted by Crippen LogP contribution is -2.31. The summed E-state index contributed by atoms with van der Waals surface area (Å²) >= 11 is 0. The van der Waals surface area contributed by atoms with Gasteiger partial charge in [0.15, 0.2) is 0 Å². The molecule has 1 amide bonds. The van der Waals surface area contributed by atoms with E-state index in [-0.39, 0.29) is 11.9 Å². The summed E-state index contributed by atoms with van der Waals surface area (Å²) in [5, 5.41) is 4.39. The number of carbonyl (C=O) groups excluding carboxylic acids is 1. The van der Waals surface area contributed by atoms with E-state index in [1.54, 1.807) is 29.9 Å². The molecule has 2 aromatic heterocycles. The number of rotatable bonds is 4. The van der Waals surface area contributed by atoms with Gasteiger partial charge in [0, 0.05) is 20.3 Å². The number of hydrogen-bond acceptors (Lipinski definition) is 4. The van der Waals surface area contributed by atoms with Crippen LogP contribution in [0.1, 0.15) is 54.6 Å². The van der Waals surface area contributed by atoms with Gasteiger partial charge in [0.25, 0.3) is 5.91 Å². The standard InChI is InChI=1S/C15H21N5O/c1-10(2)13-8-14(20(5)18-13)15(21)19(4)11(3)12-6-7-16-9-17-12/h6-11H,1-5H3. The van der Waals surface area contributed by atoms with Crippen LogP contribution in [0.15, 0.2) is 24.7 Å². The predicted octanol–water partition coefficient (Wildman–Crippen LogP) is 2.17. The molecular formula is C15H21N5O. The molecule has 0 spiro atoms. The number of hydrogen-bond donors (Lipinski definition) is 0. The highest BCUT2D eigenvalue weighted by Gasteiger charge is 2.23. The van der Waals surface area contributed by atoms with Crippen LogP contribution in [0.25, 0.3) is 0 Å². The van der Waals surface area contributed by atoms with Crippen LogP contribution in [0, 0.1) is 0 Å². The van der Waals surface area contributed by atoms with E-state index in [0.717, 1.165) is 11.4 Å². The van der Waals surface area contributed by atoms with E-state index in [1.807, 2.05) is 19.1 Å². The Morgan fingerprint density at radius 3 is 2.52 bits per heavy atom. The van der Waals surface area contributed by atoms with Crippen LogP contribution < -0.4 is 0 Å². The molecule has 0 N–H and O–H groups in total. The average molecular weight is 287 g/mol. The van der Waals surface area contributed by atoms with Crippen molar-refractivity contribution in [3.63, 3.8) is 0 Å². The van der Waals surface area contributed by atoms with E-state index in [9.17, 15) is 4.79 Å². The molecule has 0 fully saturated rings. The molecule has 0 aliphatic heterocycles. The van der Waals surface area contributed by atoms with Gasteiger partial charge in [-0.3, -0.25) is 9.48 Å². The molecule has 6 heteroatoms. The van der Waals surface area contributed by atoms with Gasteiger partial charge in [-0.25, -0.2) is 9.97 Å². The Hall–Kier alpha value is -2.24. The second-order valence-electron chi connectivity index (χ2n) is 5.46. The second kappa shape index (κ2) is 6.03. The highest BCUT2D eigenvalue weighted by molar-refractivity contribution is 5.92. The fraction of sp³-hybridized carbons (Fsp3) is 0.467. The summed E-state index contributed by atoms with van der Waals surface area (Å²) in [5.41, 5.74) is 2.32. The van der Waals surface area contributed by atoms with Crippen molar-refractivity contribution in [1.82, 2.24) is 24.6 Å². The van der Waals surface area contributed by atoms with Crippen molar-refractivity contribution >= 4 is 5.91 Å². The van der Waals surface area contributed by atoms with E-state index in [1.165, 1.54) is 6.33 Å². The largest absolute Gasteiger partial charge is 0.332 e. The van der Waals surface area contributed by atoms with Gasteiger partial charge in [-0.05, 0) is 25.0 Å². The summed E-state index contributed by atoms with van der Waals surface area (Å²) in [6.45, 7) is 6.06.